The number of ether oxygens (including phenoxy) is 3. The molecule has 2 aliphatic heterocycles. The Morgan fingerprint density at radius 2 is 2.12 bits per heavy atom. The third-order valence-corrected chi connectivity index (χ3v) is 5.08. The summed E-state index contributed by atoms with van der Waals surface area (Å²) < 4.78 is 18.0. The average Bonchev–Trinajstić information content (AvgIpc) is 3.10. The molecular formula is C19H18BrNO4. The molecule has 2 aromatic carbocycles. The number of fused-ring (bicyclic) bond motifs is 2. The van der Waals surface area contributed by atoms with Crippen LogP contribution in [0.15, 0.2) is 40.9 Å². The summed E-state index contributed by atoms with van der Waals surface area (Å²) in [6, 6.07) is 12.0. The van der Waals surface area contributed by atoms with Crippen LogP contribution in [0.5, 0.6) is 11.5 Å². The Kier molecular flexibility index (Phi) is 4.07. The number of hydrogen-bond acceptors (Lipinski definition) is 5. The fraction of sp³-hybridized carbons (Fsp3) is 0.316. The van der Waals surface area contributed by atoms with E-state index in [1.54, 1.807) is 0 Å². The molecule has 0 radical (unpaired) electrons. The highest BCUT2D eigenvalue weighted by Crippen LogP contribution is 2.43. The van der Waals surface area contributed by atoms with E-state index >= 15 is 0 Å². The lowest BCUT2D eigenvalue weighted by atomic mass is 10.1. The van der Waals surface area contributed by atoms with E-state index in [2.05, 4.69) is 27.3 Å². The number of carbonyl (C=O) groups is 1. The smallest absolute Gasteiger partial charge is 0.303 e. The molecule has 0 aliphatic carbocycles. The normalized spacial score (nSPS) is 23.2. The monoisotopic (exact) mass is 403 g/mol. The molecule has 0 aromatic heterocycles. The molecule has 1 unspecified atom stereocenters. The topological polar surface area (TPSA) is 56.8 Å². The summed E-state index contributed by atoms with van der Waals surface area (Å²) >= 11 is 3.52. The van der Waals surface area contributed by atoms with Crippen LogP contribution in [0.4, 0.5) is 5.69 Å². The van der Waals surface area contributed by atoms with Gasteiger partial charge in [0.2, 0.25) is 0 Å². The summed E-state index contributed by atoms with van der Waals surface area (Å²) in [4.78, 5) is 11.3. The first-order chi connectivity index (χ1) is 12.0. The van der Waals surface area contributed by atoms with E-state index in [1.165, 1.54) is 6.92 Å². The maximum absolute atomic E-state index is 11.3. The van der Waals surface area contributed by atoms with Crippen molar-refractivity contribution in [3.8, 4) is 11.5 Å². The molecular weight excluding hydrogens is 386 g/mol. The van der Waals surface area contributed by atoms with E-state index in [1.807, 2.05) is 37.3 Å². The fourth-order valence-corrected chi connectivity index (χ4v) is 3.84. The second-order valence-corrected chi connectivity index (χ2v) is 7.13. The lowest BCUT2D eigenvalue weighted by Gasteiger charge is -2.15. The summed E-state index contributed by atoms with van der Waals surface area (Å²) in [5, 5.41) is 3.49. The third-order valence-electron chi connectivity index (χ3n) is 4.46. The highest BCUT2D eigenvalue weighted by Gasteiger charge is 2.34. The molecule has 0 saturated heterocycles. The lowest BCUT2D eigenvalue weighted by Crippen LogP contribution is -2.18. The number of rotatable bonds is 3. The van der Waals surface area contributed by atoms with E-state index in [0.717, 1.165) is 32.8 Å². The van der Waals surface area contributed by atoms with Gasteiger partial charge in [-0.25, -0.2) is 0 Å². The number of nitrogens with one attached hydrogen (secondary N) is 1. The van der Waals surface area contributed by atoms with Crippen LogP contribution in [0, 0.1) is 0 Å². The minimum Gasteiger partial charge on any atom is -0.490 e. The largest absolute Gasteiger partial charge is 0.490 e. The Morgan fingerprint density at radius 1 is 1.28 bits per heavy atom. The summed E-state index contributed by atoms with van der Waals surface area (Å²) in [6.07, 6.45) is -0.548. The first kappa shape index (κ1) is 16.3. The van der Waals surface area contributed by atoms with Gasteiger partial charge in [-0.3, -0.25) is 4.79 Å². The van der Waals surface area contributed by atoms with Gasteiger partial charge in [-0.1, -0.05) is 12.1 Å². The number of para-hydroxylation sites is 1. The highest BCUT2D eigenvalue weighted by atomic mass is 79.9. The van der Waals surface area contributed by atoms with Crippen molar-refractivity contribution < 1.29 is 19.0 Å². The van der Waals surface area contributed by atoms with Gasteiger partial charge in [-0.2, -0.15) is 0 Å². The second-order valence-electron chi connectivity index (χ2n) is 6.27. The minimum atomic E-state index is -0.354. The van der Waals surface area contributed by atoms with Gasteiger partial charge >= 0.3 is 5.97 Å². The predicted octanol–water partition coefficient (Wildman–Crippen LogP) is 4.38. The van der Waals surface area contributed by atoms with E-state index < -0.39 is 0 Å². The molecule has 1 N–H and O–H groups in total. The van der Waals surface area contributed by atoms with Crippen LogP contribution >= 0.6 is 15.9 Å². The van der Waals surface area contributed by atoms with Crippen LogP contribution in [0.3, 0.4) is 0 Å². The maximum Gasteiger partial charge on any atom is 0.303 e. The van der Waals surface area contributed by atoms with Crippen molar-refractivity contribution in [1.29, 1.82) is 0 Å². The number of carbonyl (C=O) groups excluding carboxylic acids is 1. The molecule has 0 amide bonds. The molecule has 5 nitrogen and oxygen atoms in total. The molecule has 0 fully saturated rings. The molecule has 2 aromatic rings. The number of benzene rings is 2. The van der Waals surface area contributed by atoms with Crippen molar-refractivity contribution in [2.75, 3.05) is 11.9 Å². The Hall–Kier alpha value is -2.21. The second kappa shape index (κ2) is 6.26. The Labute approximate surface area is 154 Å². The third kappa shape index (κ3) is 2.95. The zero-order chi connectivity index (χ0) is 17.6. The summed E-state index contributed by atoms with van der Waals surface area (Å²) in [7, 11) is 0. The van der Waals surface area contributed by atoms with Gasteiger partial charge in [0.1, 0.15) is 24.2 Å². The summed E-state index contributed by atoms with van der Waals surface area (Å²) in [5.74, 6) is 1.33. The minimum absolute atomic E-state index is 0.0774. The van der Waals surface area contributed by atoms with E-state index in [4.69, 9.17) is 14.2 Å². The van der Waals surface area contributed by atoms with Crippen LogP contribution in [-0.4, -0.2) is 18.7 Å². The maximum atomic E-state index is 11.3. The zero-order valence-electron chi connectivity index (χ0n) is 13.9. The van der Waals surface area contributed by atoms with E-state index in [9.17, 15) is 4.79 Å². The first-order valence-electron chi connectivity index (χ1n) is 8.18. The van der Waals surface area contributed by atoms with Crippen molar-refractivity contribution in [3.05, 3.63) is 52.0 Å². The molecule has 0 bridgehead atoms. The van der Waals surface area contributed by atoms with Gasteiger partial charge in [-0.15, -0.1) is 0 Å². The molecule has 0 saturated carbocycles. The molecule has 130 valence electrons. The number of esters is 1. The van der Waals surface area contributed by atoms with Gasteiger partial charge in [0, 0.05) is 29.8 Å². The number of anilines is 1. The van der Waals surface area contributed by atoms with Crippen LogP contribution in [0.1, 0.15) is 37.1 Å². The van der Waals surface area contributed by atoms with Crippen molar-refractivity contribution >= 4 is 27.6 Å². The zero-order valence-corrected chi connectivity index (χ0v) is 15.5. The Balaban J connectivity index is 1.56. The molecule has 3 atom stereocenters. The molecule has 0 spiro atoms. The van der Waals surface area contributed by atoms with Gasteiger partial charge in [0.05, 0.1) is 10.5 Å². The van der Waals surface area contributed by atoms with Gasteiger partial charge in [0.25, 0.3) is 0 Å². The predicted molar refractivity (Wildman–Crippen MR) is 97.0 cm³/mol. The average molecular weight is 404 g/mol. The van der Waals surface area contributed by atoms with Crippen molar-refractivity contribution in [2.24, 2.45) is 0 Å². The van der Waals surface area contributed by atoms with E-state index in [0.29, 0.717) is 6.61 Å². The lowest BCUT2D eigenvalue weighted by molar-refractivity contribution is -0.149. The Morgan fingerprint density at radius 3 is 2.92 bits per heavy atom. The van der Waals surface area contributed by atoms with Gasteiger partial charge in [-0.05, 0) is 41.1 Å². The van der Waals surface area contributed by atoms with Crippen LogP contribution in [0.2, 0.25) is 0 Å². The number of hydrogen-bond donors (Lipinski definition) is 1. The molecule has 4 rings (SSSR count). The molecule has 2 heterocycles. The van der Waals surface area contributed by atoms with Crippen molar-refractivity contribution in [3.63, 3.8) is 0 Å². The summed E-state index contributed by atoms with van der Waals surface area (Å²) in [5.41, 5.74) is 2.97. The van der Waals surface area contributed by atoms with Crippen molar-refractivity contribution in [1.82, 2.24) is 0 Å². The SMILES string of the molecule is CC(=O)O[C@H]1c2ccc(N[C@@H]3COc4c(Br)cccc43)cc2OC1C. The number of halogens is 1. The molecule has 6 heteroatoms. The van der Waals surface area contributed by atoms with Gasteiger partial charge in [0.15, 0.2) is 6.10 Å². The highest BCUT2D eigenvalue weighted by molar-refractivity contribution is 9.10. The van der Waals surface area contributed by atoms with Crippen LogP contribution < -0.4 is 14.8 Å². The molecule has 2 aliphatic rings. The van der Waals surface area contributed by atoms with Crippen LogP contribution in [-0.2, 0) is 9.53 Å². The van der Waals surface area contributed by atoms with E-state index in [-0.39, 0.29) is 24.2 Å². The quantitative estimate of drug-likeness (QED) is 0.770. The standard InChI is InChI=1S/C19H18BrNO4/c1-10-18(25-11(2)22)14-7-6-12(8-17(14)24-10)21-16-9-23-19-13(16)4-3-5-15(19)20/h3-8,10,16,18,21H,9H2,1-2H3/t10?,16-,18-/m1/s1. The Bertz CT molecular complexity index is 838. The first-order valence-corrected chi connectivity index (χ1v) is 8.98. The van der Waals surface area contributed by atoms with Crippen LogP contribution in [0.25, 0.3) is 0 Å². The van der Waals surface area contributed by atoms with Gasteiger partial charge < -0.3 is 19.5 Å². The fourth-order valence-electron chi connectivity index (χ4n) is 3.34. The van der Waals surface area contributed by atoms with Crippen molar-refractivity contribution in [2.45, 2.75) is 32.1 Å². The summed E-state index contributed by atoms with van der Waals surface area (Å²) in [6.45, 7) is 3.89. The molecule has 25 heavy (non-hydrogen) atoms.